The molecule has 6 nitrogen and oxygen atoms in total. The van der Waals surface area contributed by atoms with Gasteiger partial charge in [0.1, 0.15) is 12.2 Å². The lowest BCUT2D eigenvalue weighted by Crippen LogP contribution is -2.38. The molecule has 1 aliphatic rings. The molecule has 2 rings (SSSR count). The van der Waals surface area contributed by atoms with Gasteiger partial charge in [-0.05, 0) is 19.4 Å². The summed E-state index contributed by atoms with van der Waals surface area (Å²) in [4.78, 5) is 0. The van der Waals surface area contributed by atoms with Crippen LogP contribution in [0.25, 0.3) is 0 Å². The molecular weight excluding hydrogens is 365 g/mol. The average molecular weight is 384 g/mol. The predicted octanol–water partition coefficient (Wildman–Crippen LogP) is 2.59. The second kappa shape index (κ2) is 7.58. The molecule has 25 heavy (non-hydrogen) atoms. The first-order chi connectivity index (χ1) is 11.5. The highest BCUT2D eigenvalue weighted by Gasteiger charge is 2.48. The molecule has 142 valence electrons. The summed E-state index contributed by atoms with van der Waals surface area (Å²) in [5.41, 5.74) is -4.73. The van der Waals surface area contributed by atoms with Crippen molar-refractivity contribution in [3.63, 3.8) is 0 Å². The van der Waals surface area contributed by atoms with Gasteiger partial charge in [-0.1, -0.05) is 30.3 Å². The first kappa shape index (κ1) is 20.1. The van der Waals surface area contributed by atoms with Crippen LogP contribution in [0.1, 0.15) is 19.4 Å². The first-order valence-corrected chi connectivity index (χ1v) is 8.84. The number of alkyl halides is 3. The van der Waals surface area contributed by atoms with Gasteiger partial charge in [0.15, 0.2) is 5.79 Å². The molecule has 1 aromatic carbocycles. The van der Waals surface area contributed by atoms with Gasteiger partial charge in [-0.2, -0.15) is 21.6 Å². The van der Waals surface area contributed by atoms with Crippen LogP contribution in [0.15, 0.2) is 30.3 Å². The molecule has 1 fully saturated rings. The second-order valence-corrected chi connectivity index (χ2v) is 7.49. The number of benzene rings is 1. The maximum absolute atomic E-state index is 12.4. The normalized spacial score (nSPS) is 22.0. The van der Waals surface area contributed by atoms with E-state index in [2.05, 4.69) is 4.18 Å². The van der Waals surface area contributed by atoms with E-state index < -0.39 is 40.2 Å². The van der Waals surface area contributed by atoms with Crippen molar-refractivity contribution in [3.05, 3.63) is 35.9 Å². The van der Waals surface area contributed by atoms with Crippen molar-refractivity contribution >= 4 is 10.1 Å². The average Bonchev–Trinajstić information content (AvgIpc) is 2.87. The van der Waals surface area contributed by atoms with Gasteiger partial charge in [-0.25, -0.2) is 0 Å². The summed E-state index contributed by atoms with van der Waals surface area (Å²) in [6.45, 7) is 2.53. The van der Waals surface area contributed by atoms with Gasteiger partial charge in [0.2, 0.25) is 0 Å². The SMILES string of the molecule is CC1(C)OCC(C(COS(=O)(=O)C(F)(F)F)OCc2ccccc2)O1. The van der Waals surface area contributed by atoms with Gasteiger partial charge in [-0.3, -0.25) is 4.18 Å². The Bertz CT molecular complexity index is 660. The van der Waals surface area contributed by atoms with E-state index in [1.165, 1.54) is 0 Å². The van der Waals surface area contributed by atoms with Gasteiger partial charge in [0, 0.05) is 0 Å². The van der Waals surface area contributed by atoms with Crippen molar-refractivity contribution in [1.82, 2.24) is 0 Å². The Labute approximate surface area is 143 Å². The van der Waals surface area contributed by atoms with Crippen molar-refractivity contribution in [2.75, 3.05) is 13.2 Å². The van der Waals surface area contributed by atoms with Crippen LogP contribution >= 0.6 is 0 Å². The molecule has 0 spiro atoms. The van der Waals surface area contributed by atoms with E-state index in [0.29, 0.717) is 0 Å². The van der Waals surface area contributed by atoms with Gasteiger partial charge in [0.25, 0.3) is 0 Å². The highest BCUT2D eigenvalue weighted by molar-refractivity contribution is 7.87. The molecule has 0 saturated carbocycles. The number of ether oxygens (including phenoxy) is 3. The number of rotatable bonds is 7. The minimum atomic E-state index is -5.71. The third kappa shape index (κ3) is 5.65. The zero-order chi connectivity index (χ0) is 18.7. The summed E-state index contributed by atoms with van der Waals surface area (Å²) in [6, 6.07) is 8.88. The van der Waals surface area contributed by atoms with Crippen molar-refractivity contribution in [1.29, 1.82) is 0 Å². The molecule has 0 radical (unpaired) electrons. The lowest BCUT2D eigenvalue weighted by Gasteiger charge is -2.24. The fraction of sp³-hybridized carbons (Fsp3) is 0.600. The molecule has 1 aliphatic heterocycles. The molecule has 0 amide bonds. The summed E-state index contributed by atoms with van der Waals surface area (Å²) in [6.07, 6.45) is -1.82. The molecular formula is C15H19F3O6S. The van der Waals surface area contributed by atoms with Gasteiger partial charge >= 0.3 is 15.6 Å². The minimum absolute atomic E-state index is 0.0435. The monoisotopic (exact) mass is 384 g/mol. The molecule has 0 N–H and O–H groups in total. The Morgan fingerprint density at radius 2 is 1.92 bits per heavy atom. The molecule has 10 heteroatoms. The molecule has 0 aromatic heterocycles. The van der Waals surface area contributed by atoms with Crippen LogP contribution in [0.2, 0.25) is 0 Å². The Balaban J connectivity index is 2.04. The lowest BCUT2D eigenvalue weighted by molar-refractivity contribution is -0.161. The molecule has 2 atom stereocenters. The van der Waals surface area contributed by atoms with Crippen LogP contribution in [0.4, 0.5) is 13.2 Å². The van der Waals surface area contributed by atoms with E-state index in [-0.39, 0.29) is 13.2 Å². The predicted molar refractivity (Wildman–Crippen MR) is 80.8 cm³/mol. The molecule has 0 aliphatic carbocycles. The third-order valence-corrected chi connectivity index (χ3v) is 4.44. The molecule has 2 unspecified atom stereocenters. The van der Waals surface area contributed by atoms with Crippen molar-refractivity contribution in [3.8, 4) is 0 Å². The largest absolute Gasteiger partial charge is 0.523 e. The van der Waals surface area contributed by atoms with Crippen LogP contribution in [0.3, 0.4) is 0 Å². The van der Waals surface area contributed by atoms with E-state index in [0.717, 1.165) is 5.56 Å². The van der Waals surface area contributed by atoms with Crippen molar-refractivity contribution < 1.29 is 40.0 Å². The quantitative estimate of drug-likeness (QED) is 0.532. The Morgan fingerprint density at radius 1 is 1.28 bits per heavy atom. The smallest absolute Gasteiger partial charge is 0.368 e. The summed E-state index contributed by atoms with van der Waals surface area (Å²) in [7, 11) is -5.71. The summed E-state index contributed by atoms with van der Waals surface area (Å²) in [5.74, 6) is -0.943. The van der Waals surface area contributed by atoms with E-state index >= 15 is 0 Å². The second-order valence-electron chi connectivity index (χ2n) is 5.89. The molecule has 1 saturated heterocycles. The molecule has 1 heterocycles. The van der Waals surface area contributed by atoms with Gasteiger partial charge < -0.3 is 14.2 Å². The van der Waals surface area contributed by atoms with Gasteiger partial charge in [-0.15, -0.1) is 0 Å². The van der Waals surface area contributed by atoms with E-state index in [1.54, 1.807) is 44.2 Å². The van der Waals surface area contributed by atoms with E-state index in [9.17, 15) is 21.6 Å². The maximum atomic E-state index is 12.4. The zero-order valence-corrected chi connectivity index (χ0v) is 14.5. The molecule has 1 aromatic rings. The highest BCUT2D eigenvalue weighted by atomic mass is 32.2. The number of halogens is 3. The Kier molecular flexibility index (Phi) is 6.10. The fourth-order valence-electron chi connectivity index (χ4n) is 2.16. The maximum Gasteiger partial charge on any atom is 0.523 e. The van der Waals surface area contributed by atoms with E-state index in [4.69, 9.17) is 14.2 Å². The first-order valence-electron chi connectivity index (χ1n) is 7.43. The van der Waals surface area contributed by atoms with Crippen LogP contribution in [-0.4, -0.2) is 45.1 Å². The van der Waals surface area contributed by atoms with Crippen LogP contribution in [0, 0.1) is 0 Å². The van der Waals surface area contributed by atoms with Crippen LogP contribution in [-0.2, 0) is 35.1 Å². The standard InChI is InChI=1S/C15H19F3O6S/c1-14(2)22-9-13(24-14)12(10-23-25(19,20)15(16,17)18)21-8-11-6-4-3-5-7-11/h3-7,12-13H,8-10H2,1-2H3. The highest BCUT2D eigenvalue weighted by Crippen LogP contribution is 2.28. The molecule has 0 bridgehead atoms. The zero-order valence-electron chi connectivity index (χ0n) is 13.7. The number of hydrogen-bond donors (Lipinski definition) is 0. The summed E-state index contributed by atoms with van der Waals surface area (Å²) >= 11 is 0. The Morgan fingerprint density at radius 3 is 2.44 bits per heavy atom. The minimum Gasteiger partial charge on any atom is -0.368 e. The summed E-state index contributed by atoms with van der Waals surface area (Å²) < 4.78 is 80.0. The van der Waals surface area contributed by atoms with Crippen molar-refractivity contribution in [2.45, 2.75) is 44.0 Å². The third-order valence-electron chi connectivity index (χ3n) is 3.42. The summed E-state index contributed by atoms with van der Waals surface area (Å²) in [5, 5.41) is 0. The lowest BCUT2D eigenvalue weighted by atomic mass is 10.2. The van der Waals surface area contributed by atoms with E-state index in [1.807, 2.05) is 0 Å². The number of hydrogen-bond acceptors (Lipinski definition) is 6. The fourth-order valence-corrected chi connectivity index (χ4v) is 2.61. The van der Waals surface area contributed by atoms with Gasteiger partial charge in [0.05, 0.1) is 19.8 Å². The van der Waals surface area contributed by atoms with Crippen LogP contribution < -0.4 is 0 Å². The Hall–Kier alpha value is -1.20. The van der Waals surface area contributed by atoms with Crippen LogP contribution in [0.5, 0.6) is 0 Å². The topological polar surface area (TPSA) is 71.1 Å². The van der Waals surface area contributed by atoms with Crippen molar-refractivity contribution in [2.24, 2.45) is 0 Å².